The number of hydrogen-bond donors (Lipinski definition) is 1. The maximum absolute atomic E-state index is 5.27. The fraction of sp³-hybridized carbons (Fsp3) is 0.133. The fourth-order valence-corrected chi connectivity index (χ4v) is 3.74. The van der Waals surface area contributed by atoms with Crippen LogP contribution in [-0.2, 0) is 12.3 Å². The summed E-state index contributed by atoms with van der Waals surface area (Å²) in [6.45, 7) is 0.610. The Morgan fingerprint density at radius 2 is 2.22 bits per heavy atom. The minimum absolute atomic E-state index is 0.610. The summed E-state index contributed by atoms with van der Waals surface area (Å²) in [6, 6.07) is 9.77. The SMILES string of the molecule is c1coc(CNc2nnc(SCc3cn4ccccc4n3)s2)c1. The Kier molecular flexibility index (Phi) is 3.99. The molecule has 0 aliphatic carbocycles. The molecule has 0 aliphatic rings. The molecule has 0 bridgehead atoms. The first kappa shape index (κ1) is 14.3. The molecule has 0 radical (unpaired) electrons. The molecule has 0 fully saturated rings. The predicted octanol–water partition coefficient (Wildman–Crippen LogP) is 3.68. The number of anilines is 1. The van der Waals surface area contributed by atoms with Crippen molar-refractivity contribution in [1.29, 1.82) is 0 Å². The van der Waals surface area contributed by atoms with Crippen molar-refractivity contribution in [2.75, 3.05) is 5.32 Å². The zero-order valence-corrected chi connectivity index (χ0v) is 13.7. The first-order valence-corrected chi connectivity index (χ1v) is 8.82. The molecular weight excluding hydrogens is 330 g/mol. The molecule has 0 amide bonds. The second kappa shape index (κ2) is 6.43. The van der Waals surface area contributed by atoms with Crippen molar-refractivity contribution < 1.29 is 4.42 Å². The molecule has 0 saturated heterocycles. The predicted molar refractivity (Wildman–Crippen MR) is 90.7 cm³/mol. The van der Waals surface area contributed by atoms with E-state index in [0.29, 0.717) is 6.54 Å². The molecule has 0 unspecified atom stereocenters. The number of nitrogens with zero attached hydrogens (tertiary/aromatic N) is 4. The highest BCUT2D eigenvalue weighted by Gasteiger charge is 2.07. The van der Waals surface area contributed by atoms with Crippen LogP contribution >= 0.6 is 23.1 Å². The standard InChI is InChI=1S/C15H13N5OS2/c1-2-6-20-9-11(17-13(20)5-1)10-22-15-19-18-14(23-15)16-8-12-4-3-7-21-12/h1-7,9H,8,10H2,(H,16,18). The van der Waals surface area contributed by atoms with E-state index in [2.05, 4.69) is 20.5 Å². The summed E-state index contributed by atoms with van der Waals surface area (Å²) in [6.07, 6.45) is 5.70. The molecule has 6 nitrogen and oxygen atoms in total. The van der Waals surface area contributed by atoms with Gasteiger partial charge in [0.05, 0.1) is 18.5 Å². The Labute approximate surface area is 140 Å². The number of nitrogens with one attached hydrogen (secondary N) is 1. The molecule has 1 N–H and O–H groups in total. The minimum atomic E-state index is 0.610. The lowest BCUT2D eigenvalue weighted by atomic mass is 10.4. The van der Waals surface area contributed by atoms with E-state index in [4.69, 9.17) is 4.42 Å². The van der Waals surface area contributed by atoms with Crippen LogP contribution in [-0.4, -0.2) is 19.6 Å². The van der Waals surface area contributed by atoms with Crippen molar-refractivity contribution in [3.63, 3.8) is 0 Å². The van der Waals surface area contributed by atoms with Gasteiger partial charge in [0.25, 0.3) is 0 Å². The van der Waals surface area contributed by atoms with Crippen molar-refractivity contribution in [2.24, 2.45) is 0 Å². The molecule has 23 heavy (non-hydrogen) atoms. The molecule has 4 rings (SSSR count). The second-order valence-electron chi connectivity index (χ2n) is 4.79. The van der Waals surface area contributed by atoms with Crippen LogP contribution in [0.3, 0.4) is 0 Å². The number of pyridine rings is 1. The monoisotopic (exact) mass is 343 g/mol. The van der Waals surface area contributed by atoms with E-state index < -0.39 is 0 Å². The van der Waals surface area contributed by atoms with Gasteiger partial charge in [-0.15, -0.1) is 10.2 Å². The Balaban J connectivity index is 1.35. The van der Waals surface area contributed by atoms with Gasteiger partial charge in [-0.25, -0.2) is 4.98 Å². The van der Waals surface area contributed by atoms with Crippen molar-refractivity contribution >= 4 is 33.9 Å². The van der Waals surface area contributed by atoms with Gasteiger partial charge in [0.15, 0.2) is 4.34 Å². The van der Waals surface area contributed by atoms with Crippen molar-refractivity contribution in [3.05, 3.63) is 60.4 Å². The number of hydrogen-bond acceptors (Lipinski definition) is 7. The van der Waals surface area contributed by atoms with E-state index in [1.807, 2.05) is 47.1 Å². The highest BCUT2D eigenvalue weighted by atomic mass is 32.2. The summed E-state index contributed by atoms with van der Waals surface area (Å²) in [5, 5.41) is 12.3. The third kappa shape index (κ3) is 3.38. The van der Waals surface area contributed by atoms with Crippen molar-refractivity contribution in [3.8, 4) is 0 Å². The molecule has 4 aromatic heterocycles. The van der Waals surface area contributed by atoms with E-state index in [-0.39, 0.29) is 0 Å². The van der Waals surface area contributed by atoms with Crippen LogP contribution in [0.25, 0.3) is 5.65 Å². The van der Waals surface area contributed by atoms with Crippen LogP contribution < -0.4 is 5.32 Å². The second-order valence-corrected chi connectivity index (χ2v) is 6.99. The number of aromatic nitrogens is 4. The van der Waals surface area contributed by atoms with E-state index >= 15 is 0 Å². The van der Waals surface area contributed by atoms with Crippen molar-refractivity contribution in [1.82, 2.24) is 19.6 Å². The zero-order chi connectivity index (χ0) is 15.5. The summed E-state index contributed by atoms with van der Waals surface area (Å²) in [4.78, 5) is 4.58. The van der Waals surface area contributed by atoms with Gasteiger partial charge in [0, 0.05) is 18.1 Å². The van der Waals surface area contributed by atoms with E-state index in [1.165, 1.54) is 11.3 Å². The Hall–Kier alpha value is -2.32. The molecule has 0 atom stereocenters. The molecule has 4 heterocycles. The summed E-state index contributed by atoms with van der Waals surface area (Å²) >= 11 is 3.17. The van der Waals surface area contributed by atoms with Crippen LogP contribution in [0.4, 0.5) is 5.13 Å². The molecule has 0 spiro atoms. The average molecular weight is 343 g/mol. The topological polar surface area (TPSA) is 68.2 Å². The van der Waals surface area contributed by atoms with E-state index in [9.17, 15) is 0 Å². The number of thioether (sulfide) groups is 1. The summed E-state index contributed by atoms with van der Waals surface area (Å²) < 4.78 is 8.21. The summed E-state index contributed by atoms with van der Waals surface area (Å²) in [5.74, 6) is 1.65. The number of imidazole rings is 1. The van der Waals surface area contributed by atoms with Crippen molar-refractivity contribution in [2.45, 2.75) is 16.6 Å². The average Bonchev–Trinajstić information content (AvgIpc) is 3.30. The van der Waals surface area contributed by atoms with Gasteiger partial charge >= 0.3 is 0 Å². The number of rotatable bonds is 6. The number of furan rings is 1. The van der Waals surface area contributed by atoms with Gasteiger partial charge in [-0.1, -0.05) is 29.2 Å². The third-order valence-corrected chi connectivity index (χ3v) is 5.21. The van der Waals surface area contributed by atoms with Gasteiger partial charge in [-0.05, 0) is 24.3 Å². The van der Waals surface area contributed by atoms with Gasteiger partial charge in [-0.2, -0.15) is 0 Å². The van der Waals surface area contributed by atoms with Crippen LogP contribution in [0.2, 0.25) is 0 Å². The zero-order valence-electron chi connectivity index (χ0n) is 12.0. The van der Waals surface area contributed by atoms with E-state index in [0.717, 1.165) is 32.3 Å². The highest BCUT2D eigenvalue weighted by molar-refractivity contribution is 8.00. The molecular formula is C15H13N5OS2. The quantitative estimate of drug-likeness (QED) is 0.539. The lowest BCUT2D eigenvalue weighted by Crippen LogP contribution is -1.96. The number of fused-ring (bicyclic) bond motifs is 1. The van der Waals surface area contributed by atoms with Crippen LogP contribution in [0.1, 0.15) is 11.5 Å². The molecule has 0 aromatic carbocycles. The Morgan fingerprint density at radius 3 is 3.09 bits per heavy atom. The third-order valence-electron chi connectivity index (χ3n) is 3.16. The molecule has 116 valence electrons. The van der Waals surface area contributed by atoms with Gasteiger partial charge in [0.2, 0.25) is 5.13 Å². The Morgan fingerprint density at radius 1 is 1.22 bits per heavy atom. The maximum Gasteiger partial charge on any atom is 0.206 e. The molecule has 0 aliphatic heterocycles. The lowest BCUT2D eigenvalue weighted by molar-refractivity contribution is 0.518. The Bertz CT molecular complexity index is 867. The first-order valence-electron chi connectivity index (χ1n) is 7.02. The largest absolute Gasteiger partial charge is 0.467 e. The van der Waals surface area contributed by atoms with E-state index in [1.54, 1.807) is 18.0 Å². The van der Waals surface area contributed by atoms with Crippen LogP contribution in [0, 0.1) is 0 Å². The highest BCUT2D eigenvalue weighted by Crippen LogP contribution is 2.28. The van der Waals surface area contributed by atoms with Gasteiger partial charge in [0.1, 0.15) is 11.4 Å². The first-order chi connectivity index (χ1) is 11.4. The van der Waals surface area contributed by atoms with Gasteiger partial charge in [-0.3, -0.25) is 0 Å². The smallest absolute Gasteiger partial charge is 0.206 e. The normalized spacial score (nSPS) is 11.1. The molecule has 0 saturated carbocycles. The van der Waals surface area contributed by atoms with Crippen LogP contribution in [0.5, 0.6) is 0 Å². The summed E-state index contributed by atoms with van der Waals surface area (Å²) in [7, 11) is 0. The lowest BCUT2D eigenvalue weighted by Gasteiger charge is -1.96. The summed E-state index contributed by atoms with van der Waals surface area (Å²) in [5.41, 5.74) is 1.99. The minimum Gasteiger partial charge on any atom is -0.467 e. The van der Waals surface area contributed by atoms with Gasteiger partial charge < -0.3 is 14.1 Å². The molecule has 4 aromatic rings. The maximum atomic E-state index is 5.27. The van der Waals surface area contributed by atoms with Crippen LogP contribution in [0.15, 0.2) is 57.7 Å². The fourth-order valence-electron chi connectivity index (χ4n) is 2.11. The molecule has 8 heteroatoms.